The van der Waals surface area contributed by atoms with Crippen LogP contribution in [0.25, 0.3) is 0 Å². The number of aryl methyl sites for hydroxylation is 1. The summed E-state index contributed by atoms with van der Waals surface area (Å²) in [5.41, 5.74) is 0. The molecule has 0 amide bonds. The van der Waals surface area contributed by atoms with Crippen molar-refractivity contribution < 1.29 is 0 Å². The molecular formula is C14H26N6. The van der Waals surface area contributed by atoms with Crippen LogP contribution < -0.4 is 5.32 Å². The van der Waals surface area contributed by atoms with Crippen LogP contribution in [0.15, 0.2) is 0 Å². The zero-order chi connectivity index (χ0) is 13.8. The van der Waals surface area contributed by atoms with Crippen LogP contribution in [0.3, 0.4) is 0 Å². The molecule has 6 nitrogen and oxygen atoms in total. The lowest BCUT2D eigenvalue weighted by Crippen LogP contribution is -2.38. The van der Waals surface area contributed by atoms with Crippen molar-refractivity contribution in [3.8, 4) is 0 Å². The Bertz CT molecular complexity index is 408. The van der Waals surface area contributed by atoms with Gasteiger partial charge in [-0.3, -0.25) is 4.90 Å². The Morgan fingerprint density at radius 3 is 2.90 bits per heavy atom. The van der Waals surface area contributed by atoms with Crippen molar-refractivity contribution in [2.24, 2.45) is 5.92 Å². The molecule has 0 bridgehead atoms. The van der Waals surface area contributed by atoms with Crippen LogP contribution in [-0.2, 0) is 13.1 Å². The van der Waals surface area contributed by atoms with Gasteiger partial charge < -0.3 is 5.32 Å². The molecule has 1 aromatic heterocycles. The second kappa shape index (κ2) is 6.63. The van der Waals surface area contributed by atoms with Crippen molar-refractivity contribution >= 4 is 0 Å². The predicted octanol–water partition coefficient (Wildman–Crippen LogP) is 1.05. The molecular weight excluding hydrogens is 252 g/mol. The third kappa shape index (κ3) is 3.76. The topological polar surface area (TPSA) is 58.9 Å². The molecule has 1 aromatic rings. The summed E-state index contributed by atoms with van der Waals surface area (Å²) >= 11 is 0. The second-order valence-corrected chi connectivity index (χ2v) is 6.25. The van der Waals surface area contributed by atoms with E-state index in [4.69, 9.17) is 0 Å². The normalized spacial score (nSPS) is 22.8. The molecule has 0 spiro atoms. The summed E-state index contributed by atoms with van der Waals surface area (Å²) in [4.78, 5) is 2.55. The summed E-state index contributed by atoms with van der Waals surface area (Å²) in [6.45, 7) is 7.49. The quantitative estimate of drug-likeness (QED) is 0.770. The Morgan fingerprint density at radius 2 is 2.20 bits per heavy atom. The van der Waals surface area contributed by atoms with Gasteiger partial charge in [0.2, 0.25) is 0 Å². The average molecular weight is 278 g/mol. The number of nitrogens with one attached hydrogen (secondary N) is 1. The lowest BCUT2D eigenvalue weighted by molar-refractivity contribution is 0.222. The molecule has 1 unspecified atom stereocenters. The fraction of sp³-hybridized carbons (Fsp3) is 0.929. The highest BCUT2D eigenvalue weighted by atomic mass is 15.5. The summed E-state index contributed by atoms with van der Waals surface area (Å²) < 4.78 is 1.96. The van der Waals surface area contributed by atoms with Crippen molar-refractivity contribution in [1.82, 2.24) is 30.4 Å². The molecule has 2 aliphatic rings. The minimum Gasteiger partial charge on any atom is -0.313 e. The Hall–Kier alpha value is -1.01. The van der Waals surface area contributed by atoms with E-state index in [2.05, 4.69) is 32.7 Å². The van der Waals surface area contributed by atoms with Crippen molar-refractivity contribution in [3.05, 3.63) is 5.82 Å². The Labute approximate surface area is 120 Å². The molecule has 2 heterocycles. The fourth-order valence-corrected chi connectivity index (χ4v) is 3.02. The van der Waals surface area contributed by atoms with E-state index in [-0.39, 0.29) is 0 Å². The first kappa shape index (κ1) is 13.9. The molecule has 6 heteroatoms. The summed E-state index contributed by atoms with van der Waals surface area (Å²) in [5.74, 6) is 1.93. The average Bonchev–Trinajstić information content (AvgIpc) is 2.91. The van der Waals surface area contributed by atoms with Crippen molar-refractivity contribution in [2.75, 3.05) is 19.6 Å². The smallest absolute Gasteiger partial charge is 0.165 e. The molecule has 0 radical (unpaired) electrons. The van der Waals surface area contributed by atoms with Gasteiger partial charge in [0.05, 0.1) is 6.54 Å². The lowest BCUT2D eigenvalue weighted by atomic mass is 10.2. The number of rotatable bonds is 8. The third-order valence-electron chi connectivity index (χ3n) is 4.26. The van der Waals surface area contributed by atoms with Gasteiger partial charge in [-0.15, -0.1) is 5.10 Å². The highest BCUT2D eigenvalue weighted by molar-refractivity contribution is 4.87. The SMILES string of the molecule is CCCn1nnnc1CN(CC1CC1)CC1CCCN1. The van der Waals surface area contributed by atoms with E-state index < -0.39 is 0 Å². The number of hydrogen-bond acceptors (Lipinski definition) is 5. The molecule has 1 N–H and O–H groups in total. The van der Waals surface area contributed by atoms with Crippen LogP contribution in [0, 0.1) is 5.92 Å². The van der Waals surface area contributed by atoms with Crippen LogP contribution in [0.1, 0.15) is 44.9 Å². The van der Waals surface area contributed by atoms with Crippen LogP contribution in [0.4, 0.5) is 0 Å². The van der Waals surface area contributed by atoms with Gasteiger partial charge in [-0.25, -0.2) is 4.68 Å². The number of nitrogens with zero attached hydrogens (tertiary/aromatic N) is 5. The van der Waals surface area contributed by atoms with Crippen LogP contribution >= 0.6 is 0 Å². The predicted molar refractivity (Wildman–Crippen MR) is 77.1 cm³/mol. The highest BCUT2D eigenvalue weighted by Gasteiger charge is 2.27. The summed E-state index contributed by atoms with van der Waals surface area (Å²) in [6, 6.07) is 0.657. The monoisotopic (exact) mass is 278 g/mol. The first-order valence-electron chi connectivity index (χ1n) is 8.06. The maximum Gasteiger partial charge on any atom is 0.165 e. The van der Waals surface area contributed by atoms with Gasteiger partial charge in [0, 0.05) is 25.7 Å². The van der Waals surface area contributed by atoms with Crippen molar-refractivity contribution in [3.63, 3.8) is 0 Å². The van der Waals surface area contributed by atoms with Crippen molar-refractivity contribution in [2.45, 2.75) is 58.2 Å². The summed E-state index contributed by atoms with van der Waals surface area (Å²) in [5, 5.41) is 15.8. The van der Waals surface area contributed by atoms with Gasteiger partial charge in [-0.2, -0.15) is 0 Å². The Morgan fingerprint density at radius 1 is 1.30 bits per heavy atom. The van der Waals surface area contributed by atoms with E-state index in [1.807, 2.05) is 4.68 Å². The van der Waals surface area contributed by atoms with Gasteiger partial charge in [-0.1, -0.05) is 6.92 Å². The van der Waals surface area contributed by atoms with E-state index in [9.17, 15) is 0 Å². The zero-order valence-electron chi connectivity index (χ0n) is 12.5. The Kier molecular flexibility index (Phi) is 4.62. The number of tetrazole rings is 1. The largest absolute Gasteiger partial charge is 0.313 e. The minimum absolute atomic E-state index is 0.657. The van der Waals surface area contributed by atoms with Gasteiger partial charge in [0.15, 0.2) is 5.82 Å². The van der Waals surface area contributed by atoms with E-state index in [1.54, 1.807) is 0 Å². The molecule has 1 atom stereocenters. The van der Waals surface area contributed by atoms with E-state index >= 15 is 0 Å². The van der Waals surface area contributed by atoms with E-state index in [0.29, 0.717) is 6.04 Å². The molecule has 3 rings (SSSR count). The summed E-state index contributed by atoms with van der Waals surface area (Å²) in [7, 11) is 0. The zero-order valence-corrected chi connectivity index (χ0v) is 12.5. The van der Waals surface area contributed by atoms with Crippen molar-refractivity contribution in [1.29, 1.82) is 0 Å². The second-order valence-electron chi connectivity index (χ2n) is 6.25. The number of aromatic nitrogens is 4. The molecule has 112 valence electrons. The van der Waals surface area contributed by atoms with Gasteiger partial charge >= 0.3 is 0 Å². The maximum atomic E-state index is 4.22. The Balaban J connectivity index is 1.60. The molecule has 2 fully saturated rings. The molecule has 1 aliphatic heterocycles. The van der Waals surface area contributed by atoms with Crippen LogP contribution in [-0.4, -0.2) is 50.8 Å². The van der Waals surface area contributed by atoms with Gasteiger partial charge in [0.25, 0.3) is 0 Å². The molecule has 1 saturated carbocycles. The fourth-order valence-electron chi connectivity index (χ4n) is 3.02. The van der Waals surface area contributed by atoms with E-state index in [0.717, 1.165) is 37.8 Å². The minimum atomic E-state index is 0.657. The van der Waals surface area contributed by atoms with Crippen LogP contribution in [0.5, 0.6) is 0 Å². The lowest BCUT2D eigenvalue weighted by Gasteiger charge is -2.25. The van der Waals surface area contributed by atoms with Gasteiger partial charge in [-0.05, 0) is 55.0 Å². The van der Waals surface area contributed by atoms with Crippen LogP contribution in [0.2, 0.25) is 0 Å². The van der Waals surface area contributed by atoms with Gasteiger partial charge in [0.1, 0.15) is 0 Å². The standard InChI is InChI=1S/C14H26N6/c1-2-8-20-14(16-17-18-20)11-19(9-12-5-6-12)10-13-4-3-7-15-13/h12-13,15H,2-11H2,1H3. The number of hydrogen-bond donors (Lipinski definition) is 1. The van der Waals surface area contributed by atoms with E-state index in [1.165, 1.54) is 38.8 Å². The third-order valence-corrected chi connectivity index (χ3v) is 4.26. The maximum absolute atomic E-state index is 4.22. The molecule has 1 saturated heterocycles. The highest BCUT2D eigenvalue weighted by Crippen LogP contribution is 2.30. The first-order chi connectivity index (χ1) is 9.85. The molecule has 1 aliphatic carbocycles. The molecule has 0 aromatic carbocycles. The molecule has 20 heavy (non-hydrogen) atoms. The first-order valence-corrected chi connectivity index (χ1v) is 8.06. The summed E-state index contributed by atoms with van der Waals surface area (Å²) in [6.07, 6.45) is 6.49.